The third kappa shape index (κ3) is 4.22. The van der Waals surface area contributed by atoms with Crippen LogP contribution in [0.1, 0.15) is 35.9 Å². The fourth-order valence-electron chi connectivity index (χ4n) is 1.37. The van der Waals surface area contributed by atoms with E-state index < -0.39 is 5.97 Å². The van der Waals surface area contributed by atoms with Gasteiger partial charge in [0, 0.05) is 18.0 Å². The van der Waals surface area contributed by atoms with Crippen LogP contribution in [0.25, 0.3) is 0 Å². The van der Waals surface area contributed by atoms with Crippen molar-refractivity contribution in [2.45, 2.75) is 32.7 Å². The summed E-state index contributed by atoms with van der Waals surface area (Å²) in [5, 5.41) is 11.2. The van der Waals surface area contributed by atoms with Crippen molar-refractivity contribution in [1.29, 1.82) is 0 Å². The molecule has 0 saturated carbocycles. The second-order valence-electron chi connectivity index (χ2n) is 3.87. The van der Waals surface area contributed by atoms with Gasteiger partial charge >= 0.3 is 5.97 Å². The Balaban J connectivity index is 2.54. The maximum Gasteiger partial charge on any atom is 0.303 e. The van der Waals surface area contributed by atoms with Crippen molar-refractivity contribution in [2.75, 3.05) is 0 Å². The topological polar surface area (TPSA) is 79.5 Å². The number of nitrogens with one attached hydrogen (secondary N) is 1. The molecule has 6 heteroatoms. The maximum atomic E-state index is 11.8. The highest BCUT2D eigenvalue weighted by Crippen LogP contribution is 2.19. The average Bonchev–Trinajstić information content (AvgIpc) is 2.55. The van der Waals surface area contributed by atoms with Gasteiger partial charge < -0.3 is 14.8 Å². The summed E-state index contributed by atoms with van der Waals surface area (Å²) in [6.07, 6.45) is 0.421. The monoisotopic (exact) mass is 303 g/mol. The molecule has 0 fully saturated rings. The number of hydrogen-bond donors (Lipinski definition) is 2. The fraction of sp³-hybridized carbons (Fsp3) is 0.455. The lowest BCUT2D eigenvalue weighted by Crippen LogP contribution is -2.33. The van der Waals surface area contributed by atoms with E-state index in [2.05, 4.69) is 21.2 Å². The van der Waals surface area contributed by atoms with Crippen molar-refractivity contribution in [3.8, 4) is 0 Å². The molecule has 17 heavy (non-hydrogen) atoms. The predicted molar refractivity (Wildman–Crippen MR) is 64.9 cm³/mol. The first-order valence-corrected chi connectivity index (χ1v) is 5.98. The molecule has 0 aliphatic rings. The smallest absolute Gasteiger partial charge is 0.303 e. The maximum absolute atomic E-state index is 11.8. The van der Waals surface area contributed by atoms with Gasteiger partial charge in [0.05, 0.1) is 0 Å². The largest absolute Gasteiger partial charge is 0.481 e. The molecule has 0 aliphatic carbocycles. The summed E-state index contributed by atoms with van der Waals surface area (Å²) in [6.45, 7) is 3.53. The average molecular weight is 304 g/mol. The highest BCUT2D eigenvalue weighted by molar-refractivity contribution is 9.10. The van der Waals surface area contributed by atoms with Crippen LogP contribution in [-0.2, 0) is 4.79 Å². The Kier molecular flexibility index (Phi) is 4.74. The number of aryl methyl sites for hydroxylation is 1. The first-order chi connectivity index (χ1) is 7.90. The van der Waals surface area contributed by atoms with Gasteiger partial charge in [-0.3, -0.25) is 9.59 Å². The number of carbonyl (C=O) groups excluding carboxylic acids is 1. The molecule has 1 atom stereocenters. The SMILES string of the molecule is Cc1cc(Br)oc1C(=O)NC(C)CCC(=O)O. The normalized spacial score (nSPS) is 12.2. The summed E-state index contributed by atoms with van der Waals surface area (Å²) >= 11 is 3.14. The molecule has 1 unspecified atom stereocenters. The fourth-order valence-corrected chi connectivity index (χ4v) is 1.88. The van der Waals surface area contributed by atoms with Crippen LogP contribution in [0.2, 0.25) is 0 Å². The highest BCUT2D eigenvalue weighted by atomic mass is 79.9. The number of aliphatic carboxylic acids is 1. The number of furan rings is 1. The summed E-state index contributed by atoms with van der Waals surface area (Å²) in [5.41, 5.74) is 0.736. The van der Waals surface area contributed by atoms with Crippen LogP contribution >= 0.6 is 15.9 Å². The van der Waals surface area contributed by atoms with Gasteiger partial charge in [-0.05, 0) is 42.3 Å². The number of halogens is 1. The van der Waals surface area contributed by atoms with Crippen LogP contribution in [0.15, 0.2) is 15.2 Å². The Morgan fingerprint density at radius 1 is 1.59 bits per heavy atom. The number of rotatable bonds is 5. The molecular formula is C11H14BrNO4. The van der Waals surface area contributed by atoms with Crippen LogP contribution in [0.3, 0.4) is 0 Å². The van der Waals surface area contributed by atoms with E-state index in [0.717, 1.165) is 5.56 Å². The van der Waals surface area contributed by atoms with Crippen molar-refractivity contribution < 1.29 is 19.1 Å². The zero-order chi connectivity index (χ0) is 13.0. The van der Waals surface area contributed by atoms with Crippen molar-refractivity contribution in [2.24, 2.45) is 0 Å². The Labute approximate surface area is 107 Å². The van der Waals surface area contributed by atoms with Gasteiger partial charge in [-0.15, -0.1) is 0 Å². The van der Waals surface area contributed by atoms with E-state index in [4.69, 9.17) is 9.52 Å². The van der Waals surface area contributed by atoms with Gasteiger partial charge in [0.15, 0.2) is 10.4 Å². The lowest BCUT2D eigenvalue weighted by molar-refractivity contribution is -0.137. The van der Waals surface area contributed by atoms with E-state index in [1.165, 1.54) is 0 Å². The van der Waals surface area contributed by atoms with E-state index in [1.54, 1.807) is 19.9 Å². The van der Waals surface area contributed by atoms with Crippen molar-refractivity contribution >= 4 is 27.8 Å². The lowest BCUT2D eigenvalue weighted by atomic mass is 10.1. The van der Waals surface area contributed by atoms with Crippen molar-refractivity contribution in [3.63, 3.8) is 0 Å². The van der Waals surface area contributed by atoms with Crippen LogP contribution in [0, 0.1) is 6.92 Å². The summed E-state index contributed by atoms with van der Waals surface area (Å²) in [4.78, 5) is 22.1. The van der Waals surface area contributed by atoms with E-state index >= 15 is 0 Å². The Bertz CT molecular complexity index is 427. The number of carboxylic acids is 1. The molecular weight excluding hydrogens is 290 g/mol. The van der Waals surface area contributed by atoms with Crippen molar-refractivity contribution in [1.82, 2.24) is 5.32 Å². The molecule has 1 aromatic heterocycles. The molecule has 0 aliphatic heterocycles. The zero-order valence-corrected chi connectivity index (χ0v) is 11.2. The summed E-state index contributed by atoms with van der Waals surface area (Å²) in [6, 6.07) is 1.50. The molecule has 1 rings (SSSR count). The van der Waals surface area contributed by atoms with Gasteiger partial charge in [0.1, 0.15) is 0 Å². The first-order valence-electron chi connectivity index (χ1n) is 5.18. The van der Waals surface area contributed by atoms with E-state index in [-0.39, 0.29) is 24.1 Å². The molecule has 2 N–H and O–H groups in total. The number of carbonyl (C=O) groups is 2. The standard InChI is InChI=1S/C11H14BrNO4/c1-6-5-8(12)17-10(6)11(16)13-7(2)3-4-9(14)15/h5,7H,3-4H2,1-2H3,(H,13,16)(H,14,15). The third-order valence-corrected chi connectivity index (χ3v) is 2.65. The Morgan fingerprint density at radius 3 is 2.71 bits per heavy atom. The van der Waals surface area contributed by atoms with Gasteiger partial charge in [0.2, 0.25) is 0 Å². The number of amides is 1. The molecule has 1 heterocycles. The minimum atomic E-state index is -0.872. The van der Waals surface area contributed by atoms with Gasteiger partial charge in [-0.1, -0.05) is 0 Å². The van der Waals surface area contributed by atoms with Crippen LogP contribution in [0.4, 0.5) is 0 Å². The van der Waals surface area contributed by atoms with Crippen LogP contribution < -0.4 is 5.32 Å². The summed E-state index contributed by atoms with van der Waals surface area (Å²) in [7, 11) is 0. The molecule has 0 saturated heterocycles. The molecule has 0 radical (unpaired) electrons. The zero-order valence-electron chi connectivity index (χ0n) is 9.62. The summed E-state index contributed by atoms with van der Waals surface area (Å²) in [5.74, 6) is -0.951. The molecule has 94 valence electrons. The van der Waals surface area contributed by atoms with E-state index in [9.17, 15) is 9.59 Å². The Morgan fingerprint density at radius 2 is 2.24 bits per heavy atom. The second-order valence-corrected chi connectivity index (χ2v) is 4.65. The lowest BCUT2D eigenvalue weighted by Gasteiger charge is -2.11. The van der Waals surface area contributed by atoms with E-state index in [1.807, 2.05) is 0 Å². The molecule has 0 spiro atoms. The Hall–Kier alpha value is -1.30. The predicted octanol–water partition coefficient (Wildman–Crippen LogP) is 2.33. The van der Waals surface area contributed by atoms with Gasteiger partial charge in [-0.25, -0.2) is 0 Å². The molecule has 1 aromatic rings. The molecule has 1 amide bonds. The number of carboxylic acid groups (broad SMARTS) is 1. The number of hydrogen-bond acceptors (Lipinski definition) is 3. The van der Waals surface area contributed by atoms with Gasteiger partial charge in [-0.2, -0.15) is 0 Å². The van der Waals surface area contributed by atoms with Crippen LogP contribution in [-0.4, -0.2) is 23.0 Å². The highest BCUT2D eigenvalue weighted by Gasteiger charge is 2.17. The minimum absolute atomic E-state index is 0.0300. The quantitative estimate of drug-likeness (QED) is 0.875. The summed E-state index contributed by atoms with van der Waals surface area (Å²) < 4.78 is 5.69. The molecule has 0 bridgehead atoms. The second kappa shape index (κ2) is 5.86. The van der Waals surface area contributed by atoms with Crippen LogP contribution in [0.5, 0.6) is 0 Å². The van der Waals surface area contributed by atoms with Crippen molar-refractivity contribution in [3.05, 3.63) is 22.1 Å². The minimum Gasteiger partial charge on any atom is -0.481 e. The molecule has 0 aromatic carbocycles. The third-order valence-electron chi connectivity index (χ3n) is 2.26. The van der Waals surface area contributed by atoms with E-state index in [0.29, 0.717) is 11.1 Å². The van der Waals surface area contributed by atoms with Gasteiger partial charge in [0.25, 0.3) is 5.91 Å². The first kappa shape index (κ1) is 13.8. The molecule has 5 nitrogen and oxygen atoms in total.